The molecule has 0 saturated carbocycles. The van der Waals surface area contributed by atoms with Crippen LogP contribution in [0.2, 0.25) is 0 Å². The lowest BCUT2D eigenvalue weighted by Gasteiger charge is -1.89. The van der Waals surface area contributed by atoms with Crippen molar-refractivity contribution in [3.63, 3.8) is 0 Å². The first-order valence-electron chi connectivity index (χ1n) is 2.90. The van der Waals surface area contributed by atoms with Crippen LogP contribution in [0.1, 0.15) is 6.92 Å². The van der Waals surface area contributed by atoms with Crippen molar-refractivity contribution >= 4 is 5.82 Å². The Morgan fingerprint density at radius 2 is 2.45 bits per heavy atom. The van der Waals surface area contributed by atoms with E-state index in [9.17, 15) is 14.5 Å². The van der Waals surface area contributed by atoms with Gasteiger partial charge >= 0.3 is 11.8 Å². The van der Waals surface area contributed by atoms with Gasteiger partial charge in [0, 0.05) is 6.54 Å². The van der Waals surface area contributed by atoms with Crippen molar-refractivity contribution in [1.29, 1.82) is 0 Å². The van der Waals surface area contributed by atoms with Gasteiger partial charge in [-0.3, -0.25) is 0 Å². The molecule has 1 aromatic heterocycles. The fraction of sp³-hybridized carbons (Fsp3) is 0.500. The molecule has 0 fully saturated rings. The standard InChI is InChI=1S/C4H5FN4O2/c1-2-8-3(5)4(6-7-8)9(10)11/h2H2,1H3. The summed E-state index contributed by atoms with van der Waals surface area (Å²) in [6.07, 6.45) is 0. The van der Waals surface area contributed by atoms with Crippen LogP contribution >= 0.6 is 0 Å². The second kappa shape index (κ2) is 2.60. The van der Waals surface area contributed by atoms with Gasteiger partial charge in [0.25, 0.3) is 0 Å². The maximum absolute atomic E-state index is 12.7. The molecule has 0 aliphatic heterocycles. The van der Waals surface area contributed by atoms with E-state index in [4.69, 9.17) is 0 Å². The molecular formula is C4H5FN4O2. The summed E-state index contributed by atoms with van der Waals surface area (Å²) in [5, 5.41) is 16.2. The van der Waals surface area contributed by atoms with Gasteiger partial charge in [0.05, 0.1) is 5.21 Å². The number of nitro groups is 1. The third-order valence-corrected chi connectivity index (χ3v) is 1.13. The second-order valence-electron chi connectivity index (χ2n) is 1.78. The molecule has 6 nitrogen and oxygen atoms in total. The third-order valence-electron chi connectivity index (χ3n) is 1.13. The molecule has 0 atom stereocenters. The normalized spacial score (nSPS) is 10.0. The summed E-state index contributed by atoms with van der Waals surface area (Å²) < 4.78 is 13.5. The minimum absolute atomic E-state index is 0.229. The van der Waals surface area contributed by atoms with E-state index in [-0.39, 0.29) is 6.54 Å². The molecule has 0 spiro atoms. The molecule has 0 saturated heterocycles. The molecule has 0 aliphatic rings. The Morgan fingerprint density at radius 3 is 2.73 bits per heavy atom. The number of halogens is 1. The highest BCUT2D eigenvalue weighted by Gasteiger charge is 2.22. The molecule has 7 heteroatoms. The van der Waals surface area contributed by atoms with E-state index in [2.05, 4.69) is 10.3 Å². The molecule has 0 radical (unpaired) electrons. The zero-order chi connectivity index (χ0) is 8.43. The largest absolute Gasteiger partial charge is 0.447 e. The molecule has 0 unspecified atom stereocenters. The van der Waals surface area contributed by atoms with Gasteiger partial charge in [-0.15, -0.1) is 0 Å². The molecule has 1 heterocycles. The molecule has 0 aliphatic carbocycles. The number of aromatic nitrogens is 3. The van der Waals surface area contributed by atoms with Crippen LogP contribution in [0.25, 0.3) is 0 Å². The first-order chi connectivity index (χ1) is 5.16. The van der Waals surface area contributed by atoms with Crippen LogP contribution in [0.4, 0.5) is 10.2 Å². The van der Waals surface area contributed by atoms with Crippen LogP contribution < -0.4 is 0 Å². The van der Waals surface area contributed by atoms with Gasteiger partial charge in [-0.1, -0.05) is 0 Å². The van der Waals surface area contributed by atoms with Crippen LogP contribution in [0.5, 0.6) is 0 Å². The zero-order valence-corrected chi connectivity index (χ0v) is 5.69. The first kappa shape index (κ1) is 7.58. The predicted octanol–water partition coefficient (Wildman–Crippen LogP) is 0.345. The Morgan fingerprint density at radius 1 is 1.82 bits per heavy atom. The van der Waals surface area contributed by atoms with Crippen molar-refractivity contribution in [2.75, 3.05) is 0 Å². The second-order valence-corrected chi connectivity index (χ2v) is 1.78. The number of hydrogen-bond acceptors (Lipinski definition) is 4. The summed E-state index contributed by atoms with van der Waals surface area (Å²) >= 11 is 0. The third kappa shape index (κ3) is 1.16. The fourth-order valence-corrected chi connectivity index (χ4v) is 0.606. The molecular weight excluding hydrogens is 155 g/mol. The van der Waals surface area contributed by atoms with Gasteiger partial charge in [-0.2, -0.15) is 9.07 Å². The Hall–Kier alpha value is -1.53. The van der Waals surface area contributed by atoms with Crippen molar-refractivity contribution in [2.24, 2.45) is 0 Å². The average Bonchev–Trinajstić information content (AvgIpc) is 2.30. The topological polar surface area (TPSA) is 73.8 Å². The Kier molecular flexibility index (Phi) is 1.79. The Balaban J connectivity index is 3.10. The lowest BCUT2D eigenvalue weighted by atomic mass is 10.7. The lowest BCUT2D eigenvalue weighted by Crippen LogP contribution is -2.00. The van der Waals surface area contributed by atoms with Gasteiger partial charge in [-0.05, 0) is 11.8 Å². The zero-order valence-electron chi connectivity index (χ0n) is 5.69. The van der Waals surface area contributed by atoms with Gasteiger partial charge < -0.3 is 10.1 Å². The number of hydrogen-bond donors (Lipinski definition) is 0. The quantitative estimate of drug-likeness (QED) is 0.462. The predicted molar refractivity (Wildman–Crippen MR) is 32.3 cm³/mol. The molecule has 0 bridgehead atoms. The van der Waals surface area contributed by atoms with E-state index in [1.165, 1.54) is 0 Å². The van der Waals surface area contributed by atoms with E-state index < -0.39 is 16.7 Å². The SMILES string of the molecule is CCn1nnc([N+](=O)[O-])c1F. The summed E-state index contributed by atoms with van der Waals surface area (Å²) in [5.41, 5.74) is 0. The van der Waals surface area contributed by atoms with Gasteiger partial charge in [0.15, 0.2) is 0 Å². The summed E-state index contributed by atoms with van der Waals surface area (Å²) in [6.45, 7) is 1.84. The van der Waals surface area contributed by atoms with Gasteiger partial charge in [-0.25, -0.2) is 0 Å². The Labute approximate surface area is 60.8 Å². The molecule has 0 amide bonds. The molecule has 0 N–H and O–H groups in total. The van der Waals surface area contributed by atoms with Crippen LogP contribution in [0, 0.1) is 16.1 Å². The van der Waals surface area contributed by atoms with Crippen molar-refractivity contribution in [2.45, 2.75) is 13.5 Å². The molecule has 60 valence electrons. The number of aryl methyl sites for hydroxylation is 1. The molecule has 0 aromatic carbocycles. The maximum atomic E-state index is 12.7. The first-order valence-corrected chi connectivity index (χ1v) is 2.90. The van der Waals surface area contributed by atoms with Gasteiger partial charge in [0.1, 0.15) is 5.10 Å². The van der Waals surface area contributed by atoms with Crippen LogP contribution in [-0.2, 0) is 6.54 Å². The van der Waals surface area contributed by atoms with E-state index in [0.717, 1.165) is 4.68 Å². The molecule has 11 heavy (non-hydrogen) atoms. The van der Waals surface area contributed by atoms with Crippen LogP contribution in [0.15, 0.2) is 0 Å². The van der Waals surface area contributed by atoms with Gasteiger partial charge in [0.2, 0.25) is 0 Å². The minimum Gasteiger partial charge on any atom is -0.358 e. The summed E-state index contributed by atoms with van der Waals surface area (Å²) in [6, 6.07) is 0. The van der Waals surface area contributed by atoms with Crippen LogP contribution in [0.3, 0.4) is 0 Å². The highest BCUT2D eigenvalue weighted by atomic mass is 19.1. The maximum Gasteiger partial charge on any atom is 0.447 e. The summed E-state index contributed by atoms with van der Waals surface area (Å²) in [7, 11) is 0. The highest BCUT2D eigenvalue weighted by Crippen LogP contribution is 2.10. The lowest BCUT2D eigenvalue weighted by molar-refractivity contribution is -0.392. The molecule has 1 rings (SSSR count). The monoisotopic (exact) mass is 160 g/mol. The highest BCUT2D eigenvalue weighted by molar-refractivity contribution is 5.12. The van der Waals surface area contributed by atoms with Crippen molar-refractivity contribution in [3.05, 3.63) is 16.1 Å². The minimum atomic E-state index is -1.00. The van der Waals surface area contributed by atoms with Crippen molar-refractivity contribution in [3.8, 4) is 0 Å². The average molecular weight is 160 g/mol. The van der Waals surface area contributed by atoms with Crippen molar-refractivity contribution < 1.29 is 9.31 Å². The summed E-state index contributed by atoms with van der Waals surface area (Å²) in [4.78, 5) is 9.09. The van der Waals surface area contributed by atoms with E-state index in [1.54, 1.807) is 6.92 Å². The number of rotatable bonds is 2. The van der Waals surface area contributed by atoms with Crippen molar-refractivity contribution in [1.82, 2.24) is 15.0 Å². The van der Waals surface area contributed by atoms with Crippen LogP contribution in [-0.4, -0.2) is 19.9 Å². The fourth-order valence-electron chi connectivity index (χ4n) is 0.606. The van der Waals surface area contributed by atoms with E-state index in [1.807, 2.05) is 0 Å². The summed E-state index contributed by atoms with van der Waals surface area (Å²) in [5.74, 6) is -1.83. The van der Waals surface area contributed by atoms with E-state index in [0.29, 0.717) is 0 Å². The molecule has 1 aromatic rings. The number of nitrogens with zero attached hydrogens (tertiary/aromatic N) is 4. The Bertz CT molecular complexity index is 284. The van der Waals surface area contributed by atoms with E-state index >= 15 is 0 Å². The smallest absolute Gasteiger partial charge is 0.358 e.